The van der Waals surface area contributed by atoms with E-state index in [0.717, 1.165) is 58.8 Å². The van der Waals surface area contributed by atoms with Crippen LogP contribution in [0, 0.1) is 0 Å². The highest BCUT2D eigenvalue weighted by Crippen LogP contribution is 2.23. The normalized spacial score (nSPS) is 9.36. The van der Waals surface area contributed by atoms with Crippen LogP contribution in [0.4, 0.5) is 0 Å². The number of rotatable bonds is 16. The van der Waals surface area contributed by atoms with Crippen molar-refractivity contribution in [3.05, 3.63) is 60.2 Å². The summed E-state index contributed by atoms with van der Waals surface area (Å²) in [5.74, 6) is 0. The molecule has 8 heteroatoms. The molecule has 2 aromatic rings. The second-order valence-electron chi connectivity index (χ2n) is 7.11. The highest BCUT2D eigenvalue weighted by Gasteiger charge is 2.03. The lowest BCUT2D eigenvalue weighted by Crippen LogP contribution is -2.26. The van der Waals surface area contributed by atoms with Gasteiger partial charge in [0.2, 0.25) is 0 Å². The summed E-state index contributed by atoms with van der Waals surface area (Å²) in [4.78, 5) is 0. The van der Waals surface area contributed by atoms with Gasteiger partial charge in [0.05, 0.1) is 0 Å². The van der Waals surface area contributed by atoms with E-state index in [0.29, 0.717) is 0 Å². The average Bonchev–Trinajstić information content (AvgIpc) is 2.75. The second kappa shape index (κ2) is 28.4. The fourth-order valence-corrected chi connectivity index (χ4v) is 3.24. The van der Waals surface area contributed by atoms with Crippen molar-refractivity contribution in [3.8, 4) is 11.1 Å². The zero-order chi connectivity index (χ0) is 19.7. The molecule has 2 rings (SSSR count). The summed E-state index contributed by atoms with van der Waals surface area (Å²) in [6.45, 7) is 10.7. The average molecular weight is 722 g/mol. The summed E-state index contributed by atoms with van der Waals surface area (Å²) in [5.41, 5.74) is 3.98. The van der Waals surface area contributed by atoms with Crippen LogP contribution in [0.15, 0.2) is 54.6 Å². The van der Waals surface area contributed by atoms with Crippen LogP contribution in [0.2, 0.25) is 0 Å². The zero-order valence-corrected chi connectivity index (χ0v) is 26.0. The van der Waals surface area contributed by atoms with E-state index in [1.165, 1.54) is 29.5 Å². The minimum Gasteiger partial charge on any atom is -0.317 e. The molecule has 0 bridgehead atoms. The molecule has 0 unspecified atom stereocenters. The second-order valence-corrected chi connectivity index (χ2v) is 7.11. The molecule has 4 N–H and O–H groups in total. The topological polar surface area (TPSA) is 48.1 Å². The molecule has 0 aromatic heterocycles. The van der Waals surface area contributed by atoms with E-state index in [-0.39, 0.29) is 75.4 Å². The van der Waals surface area contributed by atoms with E-state index in [1.807, 2.05) is 0 Å². The van der Waals surface area contributed by atoms with E-state index >= 15 is 0 Å². The highest BCUT2D eigenvalue weighted by molar-refractivity contribution is 8.93. The molecule has 0 aliphatic rings. The third-order valence-electron chi connectivity index (χ3n) is 4.79. The van der Waals surface area contributed by atoms with Crippen LogP contribution in [-0.4, -0.2) is 45.8 Å². The summed E-state index contributed by atoms with van der Waals surface area (Å²) in [6, 6.07) is 19.3. The van der Waals surface area contributed by atoms with Gasteiger partial charge in [0.15, 0.2) is 0 Å². The van der Waals surface area contributed by atoms with Gasteiger partial charge in [-0.25, -0.2) is 0 Å². The Labute approximate surface area is 244 Å². The van der Waals surface area contributed by atoms with Gasteiger partial charge in [-0.2, -0.15) is 0 Å². The molecule has 0 amide bonds. The van der Waals surface area contributed by atoms with Crippen LogP contribution in [0.3, 0.4) is 0 Å². The summed E-state index contributed by atoms with van der Waals surface area (Å²) >= 11 is 0. The molecular weight excluding hydrogens is 676 g/mol. The van der Waals surface area contributed by atoms with Gasteiger partial charge in [0, 0.05) is 6.54 Å². The maximum atomic E-state index is 3.59. The SMILES string of the molecule is Br.Br.Br.Br.C.CCNCCCNCCCNCCCNCc1ccccc1-c1ccccc1. The first kappa shape index (κ1) is 40.4. The van der Waals surface area contributed by atoms with Crippen molar-refractivity contribution in [1.29, 1.82) is 0 Å². The predicted octanol–water partition coefficient (Wildman–Crippen LogP) is 6.35. The maximum absolute atomic E-state index is 3.59. The van der Waals surface area contributed by atoms with Crippen LogP contribution in [-0.2, 0) is 6.54 Å². The van der Waals surface area contributed by atoms with Gasteiger partial charge in [-0.15, -0.1) is 67.9 Å². The van der Waals surface area contributed by atoms with Gasteiger partial charge in [0.25, 0.3) is 0 Å². The molecule has 2 aromatic carbocycles. The van der Waals surface area contributed by atoms with E-state index in [1.54, 1.807) is 0 Å². The van der Waals surface area contributed by atoms with E-state index < -0.39 is 0 Å². The first-order valence-corrected chi connectivity index (χ1v) is 10.9. The molecule has 0 radical (unpaired) electrons. The lowest BCUT2D eigenvalue weighted by molar-refractivity contribution is 0.554. The monoisotopic (exact) mass is 718 g/mol. The lowest BCUT2D eigenvalue weighted by Gasteiger charge is -2.11. The van der Waals surface area contributed by atoms with Crippen LogP contribution >= 0.6 is 67.9 Å². The number of hydrogen-bond donors (Lipinski definition) is 4. The Morgan fingerprint density at radius 2 is 1.00 bits per heavy atom. The quantitative estimate of drug-likeness (QED) is 0.153. The number of halogens is 4. The number of hydrogen-bond acceptors (Lipinski definition) is 4. The largest absolute Gasteiger partial charge is 0.317 e. The molecule has 33 heavy (non-hydrogen) atoms. The maximum Gasteiger partial charge on any atom is 0.0211 e. The fraction of sp³-hybridized carbons (Fsp3) is 0.520. The van der Waals surface area contributed by atoms with Gasteiger partial charge in [-0.3, -0.25) is 0 Å². The van der Waals surface area contributed by atoms with E-state index in [2.05, 4.69) is 82.8 Å². The van der Waals surface area contributed by atoms with Crippen LogP contribution < -0.4 is 21.3 Å². The number of benzene rings is 2. The standard InChI is InChI=1S/C24H38N4.CH4.4BrH/c1-2-25-15-8-16-26-17-9-18-27-19-10-20-28-21-23-13-6-7-14-24(23)22-11-4-3-5-12-22;;;;;/h3-7,11-14,25-28H,2,8-10,15-21H2,1H3;1H4;4*1H. The molecule has 4 nitrogen and oxygen atoms in total. The van der Waals surface area contributed by atoms with E-state index in [4.69, 9.17) is 0 Å². The van der Waals surface area contributed by atoms with Crippen molar-refractivity contribution in [3.63, 3.8) is 0 Å². The zero-order valence-electron chi connectivity index (χ0n) is 19.1. The molecule has 0 saturated carbocycles. The van der Waals surface area contributed by atoms with E-state index in [9.17, 15) is 0 Å². The van der Waals surface area contributed by atoms with Gasteiger partial charge >= 0.3 is 0 Å². The first-order chi connectivity index (χ1) is 13.9. The van der Waals surface area contributed by atoms with Crippen molar-refractivity contribution >= 4 is 67.9 Å². The van der Waals surface area contributed by atoms with Crippen LogP contribution in [0.25, 0.3) is 11.1 Å². The molecule has 0 atom stereocenters. The Morgan fingerprint density at radius 3 is 1.55 bits per heavy atom. The van der Waals surface area contributed by atoms with Crippen molar-refractivity contribution in [2.45, 2.75) is 40.2 Å². The molecule has 0 fully saturated rings. The molecule has 0 heterocycles. The summed E-state index contributed by atoms with van der Waals surface area (Å²) < 4.78 is 0. The van der Waals surface area contributed by atoms with Crippen molar-refractivity contribution in [2.75, 3.05) is 45.8 Å². The Hall–Kier alpha value is 0.200. The number of nitrogens with one attached hydrogen (secondary N) is 4. The lowest BCUT2D eigenvalue weighted by atomic mass is 10.00. The Bertz CT molecular complexity index is 633. The van der Waals surface area contributed by atoms with Crippen molar-refractivity contribution < 1.29 is 0 Å². The Morgan fingerprint density at radius 1 is 0.545 bits per heavy atom. The molecular formula is C25H46Br4N4. The predicted molar refractivity (Wildman–Crippen MR) is 170 cm³/mol. The molecule has 0 aliphatic carbocycles. The summed E-state index contributed by atoms with van der Waals surface area (Å²) in [7, 11) is 0. The fourth-order valence-electron chi connectivity index (χ4n) is 3.24. The van der Waals surface area contributed by atoms with Crippen molar-refractivity contribution in [2.24, 2.45) is 0 Å². The molecule has 0 aliphatic heterocycles. The van der Waals surface area contributed by atoms with Crippen LogP contribution in [0.1, 0.15) is 39.2 Å². The van der Waals surface area contributed by atoms with Crippen LogP contribution in [0.5, 0.6) is 0 Å². The molecule has 0 saturated heterocycles. The Balaban J connectivity index is -0.000000841. The smallest absolute Gasteiger partial charge is 0.0211 e. The summed E-state index contributed by atoms with van der Waals surface area (Å²) in [6.07, 6.45) is 3.56. The first-order valence-electron chi connectivity index (χ1n) is 10.9. The third kappa shape index (κ3) is 19.1. The summed E-state index contributed by atoms with van der Waals surface area (Å²) in [5, 5.41) is 14.0. The van der Waals surface area contributed by atoms with Gasteiger partial charge in [0.1, 0.15) is 0 Å². The third-order valence-corrected chi connectivity index (χ3v) is 4.79. The minimum atomic E-state index is 0. The highest BCUT2D eigenvalue weighted by atomic mass is 79.9. The molecule has 0 spiro atoms. The Kier molecular flexibility index (Phi) is 34.8. The molecule has 194 valence electrons. The van der Waals surface area contributed by atoms with Crippen molar-refractivity contribution in [1.82, 2.24) is 21.3 Å². The minimum absolute atomic E-state index is 0. The van der Waals surface area contributed by atoms with Gasteiger partial charge in [-0.1, -0.05) is 68.9 Å². The van der Waals surface area contributed by atoms with Gasteiger partial charge < -0.3 is 21.3 Å². The van der Waals surface area contributed by atoms with Gasteiger partial charge in [-0.05, 0) is 81.8 Å².